The summed E-state index contributed by atoms with van der Waals surface area (Å²) in [5, 5.41) is 2.74. The second-order valence-corrected chi connectivity index (χ2v) is 3.57. The van der Waals surface area contributed by atoms with Crippen molar-refractivity contribution in [3.8, 4) is 11.5 Å². The lowest BCUT2D eigenvalue weighted by atomic mass is 10.2. The van der Waals surface area contributed by atoms with Crippen molar-refractivity contribution in [3.63, 3.8) is 0 Å². The van der Waals surface area contributed by atoms with Crippen molar-refractivity contribution in [2.75, 3.05) is 20.3 Å². The molecule has 0 aliphatic rings. The zero-order valence-corrected chi connectivity index (χ0v) is 10.6. The first-order chi connectivity index (χ1) is 8.22. The van der Waals surface area contributed by atoms with Crippen molar-refractivity contribution >= 4 is 5.91 Å². The number of amides is 1. The first-order valence-corrected chi connectivity index (χ1v) is 5.82. The number of carbonyl (C=O) groups excluding carboxylic acids is 1. The third kappa shape index (κ3) is 3.66. The lowest BCUT2D eigenvalue weighted by Crippen LogP contribution is -2.22. The Labute approximate surface area is 102 Å². The molecule has 0 saturated carbocycles. The number of nitrogens with one attached hydrogen (secondary N) is 1. The molecule has 1 aromatic rings. The van der Waals surface area contributed by atoms with E-state index in [4.69, 9.17) is 9.47 Å². The molecule has 0 atom stereocenters. The molecule has 17 heavy (non-hydrogen) atoms. The van der Waals surface area contributed by atoms with Gasteiger partial charge < -0.3 is 14.8 Å². The van der Waals surface area contributed by atoms with E-state index in [9.17, 15) is 4.79 Å². The van der Waals surface area contributed by atoms with E-state index in [0.717, 1.165) is 6.42 Å². The van der Waals surface area contributed by atoms with E-state index >= 15 is 0 Å². The van der Waals surface area contributed by atoms with E-state index in [-0.39, 0.29) is 5.91 Å². The Morgan fingerprint density at radius 1 is 1.29 bits per heavy atom. The fourth-order valence-electron chi connectivity index (χ4n) is 1.40. The van der Waals surface area contributed by atoms with Crippen LogP contribution in [0.5, 0.6) is 11.5 Å². The monoisotopic (exact) mass is 237 g/mol. The molecule has 0 spiro atoms. The fraction of sp³-hybridized carbons (Fsp3) is 0.462. The normalized spacial score (nSPS) is 9.82. The summed E-state index contributed by atoms with van der Waals surface area (Å²) in [5.74, 6) is 1.15. The number of hydrogen-bond donors (Lipinski definition) is 1. The third-order valence-corrected chi connectivity index (χ3v) is 2.22. The number of methoxy groups -OCH3 is 1. The first kappa shape index (κ1) is 13.4. The van der Waals surface area contributed by atoms with E-state index in [1.807, 2.05) is 13.8 Å². The third-order valence-electron chi connectivity index (χ3n) is 2.22. The van der Waals surface area contributed by atoms with Gasteiger partial charge in [0.2, 0.25) is 0 Å². The Morgan fingerprint density at radius 2 is 2.06 bits per heavy atom. The predicted molar refractivity (Wildman–Crippen MR) is 66.8 cm³/mol. The van der Waals surface area contributed by atoms with Crippen molar-refractivity contribution in [2.45, 2.75) is 20.3 Å². The molecule has 1 rings (SSSR count). The molecular weight excluding hydrogens is 218 g/mol. The molecule has 1 amide bonds. The molecule has 4 nitrogen and oxygen atoms in total. The minimum Gasteiger partial charge on any atom is -0.493 e. The fourth-order valence-corrected chi connectivity index (χ4v) is 1.40. The first-order valence-electron chi connectivity index (χ1n) is 5.82. The average molecular weight is 237 g/mol. The molecule has 0 saturated heterocycles. The number of carbonyl (C=O) groups is 1. The van der Waals surface area contributed by atoms with Crippen LogP contribution in [0.4, 0.5) is 0 Å². The SMILES string of the molecule is CCCOc1ccc(C(=O)NCC)cc1OC. The van der Waals surface area contributed by atoms with Crippen LogP contribution < -0.4 is 14.8 Å². The standard InChI is InChI=1S/C13H19NO3/c1-4-8-17-11-7-6-10(9-12(11)16-3)13(15)14-5-2/h6-7,9H,4-5,8H2,1-3H3,(H,14,15). The molecule has 0 aliphatic heterocycles. The Morgan fingerprint density at radius 3 is 2.65 bits per heavy atom. The summed E-state index contributed by atoms with van der Waals surface area (Å²) in [4.78, 5) is 11.6. The molecule has 0 bridgehead atoms. The quantitative estimate of drug-likeness (QED) is 0.825. The number of benzene rings is 1. The van der Waals surface area contributed by atoms with Crippen LogP contribution in [0.2, 0.25) is 0 Å². The highest BCUT2D eigenvalue weighted by Crippen LogP contribution is 2.28. The summed E-state index contributed by atoms with van der Waals surface area (Å²) in [5.41, 5.74) is 0.576. The van der Waals surface area contributed by atoms with Crippen LogP contribution in [0.1, 0.15) is 30.6 Å². The molecule has 94 valence electrons. The van der Waals surface area contributed by atoms with Crippen LogP contribution in [0.15, 0.2) is 18.2 Å². The maximum atomic E-state index is 11.6. The second kappa shape index (κ2) is 6.78. The van der Waals surface area contributed by atoms with E-state index in [0.29, 0.717) is 30.2 Å². The summed E-state index contributed by atoms with van der Waals surface area (Å²) in [7, 11) is 1.57. The van der Waals surface area contributed by atoms with Gasteiger partial charge in [-0.1, -0.05) is 6.92 Å². The van der Waals surface area contributed by atoms with Crippen LogP contribution in [0.25, 0.3) is 0 Å². The predicted octanol–water partition coefficient (Wildman–Crippen LogP) is 2.23. The molecule has 0 unspecified atom stereocenters. The van der Waals surface area contributed by atoms with Crippen LogP contribution in [0, 0.1) is 0 Å². The van der Waals surface area contributed by atoms with Crippen molar-refractivity contribution < 1.29 is 14.3 Å². The zero-order valence-electron chi connectivity index (χ0n) is 10.6. The van der Waals surface area contributed by atoms with E-state index < -0.39 is 0 Å². The van der Waals surface area contributed by atoms with Crippen LogP contribution in [-0.2, 0) is 0 Å². The average Bonchev–Trinajstić information content (AvgIpc) is 2.36. The number of hydrogen-bond acceptors (Lipinski definition) is 3. The van der Waals surface area contributed by atoms with Crippen molar-refractivity contribution in [3.05, 3.63) is 23.8 Å². The van der Waals surface area contributed by atoms with Crippen molar-refractivity contribution in [2.24, 2.45) is 0 Å². The van der Waals surface area contributed by atoms with Crippen LogP contribution in [-0.4, -0.2) is 26.2 Å². The summed E-state index contributed by atoms with van der Waals surface area (Å²) >= 11 is 0. The maximum Gasteiger partial charge on any atom is 0.251 e. The maximum absolute atomic E-state index is 11.6. The zero-order chi connectivity index (χ0) is 12.7. The van der Waals surface area contributed by atoms with Crippen LogP contribution in [0.3, 0.4) is 0 Å². The molecule has 4 heteroatoms. The summed E-state index contributed by atoms with van der Waals surface area (Å²) in [6, 6.07) is 5.19. The highest BCUT2D eigenvalue weighted by Gasteiger charge is 2.10. The van der Waals surface area contributed by atoms with E-state index in [2.05, 4.69) is 5.32 Å². The Bertz CT molecular complexity index is 377. The van der Waals surface area contributed by atoms with Gasteiger partial charge in [-0.25, -0.2) is 0 Å². The van der Waals surface area contributed by atoms with E-state index in [1.165, 1.54) is 0 Å². The number of ether oxygens (including phenoxy) is 2. The van der Waals surface area contributed by atoms with Gasteiger partial charge in [-0.15, -0.1) is 0 Å². The van der Waals surface area contributed by atoms with E-state index in [1.54, 1.807) is 25.3 Å². The summed E-state index contributed by atoms with van der Waals surface area (Å²) in [6.45, 7) is 5.16. The van der Waals surface area contributed by atoms with Gasteiger partial charge in [0.1, 0.15) is 0 Å². The minimum absolute atomic E-state index is 0.104. The molecule has 1 aromatic carbocycles. The molecule has 0 radical (unpaired) electrons. The Hall–Kier alpha value is -1.71. The minimum atomic E-state index is -0.104. The van der Waals surface area contributed by atoms with Gasteiger partial charge in [-0.2, -0.15) is 0 Å². The molecule has 1 N–H and O–H groups in total. The molecule has 0 aliphatic carbocycles. The Balaban J connectivity index is 2.87. The van der Waals surface area contributed by atoms with Gasteiger partial charge in [0.25, 0.3) is 5.91 Å². The molecular formula is C13H19NO3. The summed E-state index contributed by atoms with van der Waals surface area (Å²) < 4.78 is 10.7. The topological polar surface area (TPSA) is 47.6 Å². The lowest BCUT2D eigenvalue weighted by Gasteiger charge is -2.11. The molecule has 0 heterocycles. The Kier molecular flexibility index (Phi) is 5.33. The van der Waals surface area contributed by atoms with Gasteiger partial charge in [-0.3, -0.25) is 4.79 Å². The highest BCUT2D eigenvalue weighted by molar-refractivity contribution is 5.94. The smallest absolute Gasteiger partial charge is 0.251 e. The van der Waals surface area contributed by atoms with Gasteiger partial charge >= 0.3 is 0 Å². The summed E-state index contributed by atoms with van der Waals surface area (Å²) in [6.07, 6.45) is 0.932. The van der Waals surface area contributed by atoms with Crippen molar-refractivity contribution in [1.82, 2.24) is 5.32 Å². The van der Waals surface area contributed by atoms with Crippen LogP contribution >= 0.6 is 0 Å². The highest BCUT2D eigenvalue weighted by atomic mass is 16.5. The van der Waals surface area contributed by atoms with Gasteiger partial charge in [0.15, 0.2) is 11.5 Å². The van der Waals surface area contributed by atoms with Gasteiger partial charge in [0.05, 0.1) is 13.7 Å². The molecule has 0 aromatic heterocycles. The lowest BCUT2D eigenvalue weighted by molar-refractivity contribution is 0.0955. The second-order valence-electron chi connectivity index (χ2n) is 3.57. The molecule has 0 fully saturated rings. The van der Waals surface area contributed by atoms with Crippen molar-refractivity contribution in [1.29, 1.82) is 0 Å². The largest absolute Gasteiger partial charge is 0.493 e. The van der Waals surface area contributed by atoms with Gasteiger partial charge in [0, 0.05) is 12.1 Å². The number of rotatable bonds is 6. The van der Waals surface area contributed by atoms with Gasteiger partial charge in [-0.05, 0) is 31.5 Å².